The molecule has 0 saturated heterocycles. The monoisotopic (exact) mass is 411 g/mol. The van der Waals surface area contributed by atoms with Crippen LogP contribution in [0.2, 0.25) is 0 Å². The average molecular weight is 412 g/mol. The molecule has 142 valence electrons. The van der Waals surface area contributed by atoms with Gasteiger partial charge in [0, 0.05) is 4.88 Å². The van der Waals surface area contributed by atoms with E-state index in [4.69, 9.17) is 9.15 Å². The zero-order valence-corrected chi connectivity index (χ0v) is 16.7. The maximum absolute atomic E-state index is 13.1. The Morgan fingerprint density at radius 1 is 1.07 bits per heavy atom. The Morgan fingerprint density at radius 3 is 2.54 bits per heavy atom. The van der Waals surface area contributed by atoms with Crippen LogP contribution in [-0.4, -0.2) is 23.8 Å². The summed E-state index contributed by atoms with van der Waals surface area (Å²) in [7, 11) is 1.60. The maximum atomic E-state index is 13.1. The van der Waals surface area contributed by atoms with Crippen LogP contribution in [0, 0.1) is 0 Å². The highest BCUT2D eigenvalue weighted by atomic mass is 32.2. The SMILES string of the molecule is COc1ccc(CN2C(=O)C(SCc3ccco3)=C(c3cccs3)C2=O)cc1. The lowest BCUT2D eigenvalue weighted by Gasteiger charge is -2.15. The summed E-state index contributed by atoms with van der Waals surface area (Å²) >= 11 is 2.80. The number of ether oxygens (including phenoxy) is 1. The first kappa shape index (κ1) is 18.6. The van der Waals surface area contributed by atoms with Gasteiger partial charge in [-0.05, 0) is 41.3 Å². The molecule has 7 heteroatoms. The van der Waals surface area contributed by atoms with E-state index in [1.165, 1.54) is 28.0 Å². The van der Waals surface area contributed by atoms with Gasteiger partial charge >= 0.3 is 0 Å². The number of nitrogens with zero attached hydrogens (tertiary/aromatic N) is 1. The lowest BCUT2D eigenvalue weighted by Crippen LogP contribution is -2.30. The van der Waals surface area contributed by atoms with Gasteiger partial charge < -0.3 is 9.15 Å². The van der Waals surface area contributed by atoms with E-state index >= 15 is 0 Å². The molecule has 1 aromatic carbocycles. The Morgan fingerprint density at radius 2 is 1.89 bits per heavy atom. The maximum Gasteiger partial charge on any atom is 0.268 e. The third kappa shape index (κ3) is 3.63. The molecule has 0 bridgehead atoms. The van der Waals surface area contributed by atoms with Crippen molar-refractivity contribution < 1.29 is 18.7 Å². The molecule has 0 radical (unpaired) electrons. The summed E-state index contributed by atoms with van der Waals surface area (Å²) in [6.45, 7) is 0.224. The van der Waals surface area contributed by atoms with Gasteiger partial charge in [0.1, 0.15) is 11.5 Å². The van der Waals surface area contributed by atoms with Gasteiger partial charge in [0.2, 0.25) is 0 Å². The summed E-state index contributed by atoms with van der Waals surface area (Å²) in [5.41, 5.74) is 1.34. The molecule has 0 unspecified atom stereocenters. The van der Waals surface area contributed by atoms with E-state index in [1.807, 2.05) is 53.9 Å². The largest absolute Gasteiger partial charge is 0.497 e. The Hall–Kier alpha value is -2.77. The molecule has 1 aliphatic heterocycles. The Labute approximate surface area is 170 Å². The van der Waals surface area contributed by atoms with Gasteiger partial charge in [-0.1, -0.05) is 18.2 Å². The number of benzene rings is 1. The topological polar surface area (TPSA) is 59.8 Å². The van der Waals surface area contributed by atoms with Gasteiger partial charge in [0.25, 0.3) is 11.8 Å². The van der Waals surface area contributed by atoms with Gasteiger partial charge in [-0.3, -0.25) is 14.5 Å². The highest BCUT2D eigenvalue weighted by molar-refractivity contribution is 8.03. The summed E-state index contributed by atoms with van der Waals surface area (Å²) in [5, 5.41) is 1.90. The highest BCUT2D eigenvalue weighted by Gasteiger charge is 2.39. The number of hydrogen-bond donors (Lipinski definition) is 0. The van der Waals surface area contributed by atoms with Crippen LogP contribution in [0.15, 0.2) is 69.5 Å². The first-order chi connectivity index (χ1) is 13.7. The van der Waals surface area contributed by atoms with Crippen LogP contribution in [-0.2, 0) is 21.9 Å². The number of furan rings is 1. The van der Waals surface area contributed by atoms with Crippen molar-refractivity contribution in [2.24, 2.45) is 0 Å². The number of methoxy groups -OCH3 is 1. The average Bonchev–Trinajstić information content (AvgIpc) is 3.46. The van der Waals surface area contributed by atoms with Crippen LogP contribution >= 0.6 is 23.1 Å². The lowest BCUT2D eigenvalue weighted by molar-refractivity contribution is -0.137. The number of carbonyl (C=O) groups excluding carboxylic acids is 2. The van der Waals surface area contributed by atoms with Crippen LogP contribution < -0.4 is 4.74 Å². The number of carbonyl (C=O) groups is 2. The fourth-order valence-electron chi connectivity index (χ4n) is 2.92. The minimum atomic E-state index is -0.263. The minimum Gasteiger partial charge on any atom is -0.497 e. The van der Waals surface area contributed by atoms with E-state index in [0.29, 0.717) is 16.2 Å². The Kier molecular flexibility index (Phi) is 5.36. The number of rotatable bonds is 7. The first-order valence-electron chi connectivity index (χ1n) is 8.60. The molecule has 4 rings (SSSR count). The molecule has 0 saturated carbocycles. The number of amides is 2. The normalized spacial score (nSPS) is 14.2. The van der Waals surface area contributed by atoms with Crippen LogP contribution in [0.1, 0.15) is 16.2 Å². The summed E-state index contributed by atoms with van der Waals surface area (Å²) in [5.74, 6) is 1.46. The van der Waals surface area contributed by atoms with Gasteiger partial charge in [-0.15, -0.1) is 23.1 Å². The third-order valence-electron chi connectivity index (χ3n) is 4.33. The van der Waals surface area contributed by atoms with Crippen LogP contribution in [0.25, 0.3) is 5.57 Å². The van der Waals surface area contributed by atoms with E-state index in [9.17, 15) is 9.59 Å². The second-order valence-electron chi connectivity index (χ2n) is 6.09. The zero-order chi connectivity index (χ0) is 19.5. The van der Waals surface area contributed by atoms with Gasteiger partial charge in [0.05, 0.1) is 36.1 Å². The molecule has 0 atom stereocenters. The zero-order valence-electron chi connectivity index (χ0n) is 15.1. The van der Waals surface area contributed by atoms with E-state index in [0.717, 1.165) is 22.0 Å². The summed E-state index contributed by atoms with van der Waals surface area (Å²) < 4.78 is 10.5. The van der Waals surface area contributed by atoms with Gasteiger partial charge in [-0.2, -0.15) is 0 Å². The summed E-state index contributed by atoms with van der Waals surface area (Å²) in [6, 6.07) is 14.8. The van der Waals surface area contributed by atoms with Crippen molar-refractivity contribution in [3.05, 3.63) is 81.3 Å². The summed E-state index contributed by atoms with van der Waals surface area (Å²) in [6.07, 6.45) is 1.60. The van der Waals surface area contributed by atoms with Crippen LogP contribution in [0.5, 0.6) is 5.75 Å². The first-order valence-corrected chi connectivity index (χ1v) is 10.5. The predicted octanol–water partition coefficient (Wildman–Crippen LogP) is 4.56. The van der Waals surface area contributed by atoms with Crippen molar-refractivity contribution in [2.45, 2.75) is 12.3 Å². The molecule has 2 amide bonds. The summed E-state index contributed by atoms with van der Waals surface area (Å²) in [4.78, 5) is 28.8. The smallest absolute Gasteiger partial charge is 0.268 e. The van der Waals surface area contributed by atoms with Crippen molar-refractivity contribution >= 4 is 40.5 Å². The molecule has 0 aliphatic carbocycles. The fourth-order valence-corrected chi connectivity index (χ4v) is 4.78. The van der Waals surface area contributed by atoms with Crippen molar-refractivity contribution in [1.82, 2.24) is 4.90 Å². The molecular formula is C21H17NO4S2. The predicted molar refractivity (Wildman–Crippen MR) is 110 cm³/mol. The molecule has 0 N–H and O–H groups in total. The van der Waals surface area contributed by atoms with Gasteiger partial charge in [-0.25, -0.2) is 0 Å². The van der Waals surface area contributed by atoms with Crippen molar-refractivity contribution in [2.75, 3.05) is 7.11 Å². The Balaban J connectivity index is 1.60. The number of hydrogen-bond acceptors (Lipinski definition) is 6. The fraction of sp³-hybridized carbons (Fsp3) is 0.143. The van der Waals surface area contributed by atoms with E-state index < -0.39 is 0 Å². The molecule has 2 aromatic heterocycles. The quantitative estimate of drug-likeness (QED) is 0.533. The minimum absolute atomic E-state index is 0.224. The molecule has 0 fully saturated rings. The van der Waals surface area contributed by atoms with E-state index in [-0.39, 0.29) is 18.4 Å². The van der Waals surface area contributed by atoms with E-state index in [1.54, 1.807) is 13.4 Å². The molecule has 0 spiro atoms. The van der Waals surface area contributed by atoms with Crippen LogP contribution in [0.4, 0.5) is 0 Å². The molecular weight excluding hydrogens is 394 g/mol. The van der Waals surface area contributed by atoms with E-state index in [2.05, 4.69) is 0 Å². The molecule has 3 heterocycles. The molecule has 3 aromatic rings. The van der Waals surface area contributed by atoms with Crippen LogP contribution in [0.3, 0.4) is 0 Å². The second kappa shape index (κ2) is 8.08. The molecule has 28 heavy (non-hydrogen) atoms. The molecule has 1 aliphatic rings. The van der Waals surface area contributed by atoms with Crippen molar-refractivity contribution in [1.29, 1.82) is 0 Å². The number of thioether (sulfide) groups is 1. The highest BCUT2D eigenvalue weighted by Crippen LogP contribution is 2.39. The second-order valence-corrected chi connectivity index (χ2v) is 8.03. The Bertz CT molecular complexity index is 1010. The van der Waals surface area contributed by atoms with Crippen molar-refractivity contribution in [3.63, 3.8) is 0 Å². The van der Waals surface area contributed by atoms with Gasteiger partial charge in [0.15, 0.2) is 0 Å². The molecule has 5 nitrogen and oxygen atoms in total. The number of thiophene rings is 1. The standard InChI is InChI=1S/C21H17NO4S2/c1-25-15-8-6-14(7-9-15)12-22-20(23)18(17-5-3-11-27-17)19(21(22)24)28-13-16-4-2-10-26-16/h2-11H,12-13H2,1H3. The van der Waals surface area contributed by atoms with Crippen molar-refractivity contribution in [3.8, 4) is 5.75 Å². The third-order valence-corrected chi connectivity index (χ3v) is 6.32. The number of imide groups is 1. The lowest BCUT2D eigenvalue weighted by atomic mass is 10.2.